The number of thioether (sulfide) groups is 1. The van der Waals surface area contributed by atoms with Gasteiger partial charge in [-0.05, 0) is 54.6 Å². The zero-order chi connectivity index (χ0) is 24.0. The third-order valence-corrected chi connectivity index (χ3v) is 6.25. The molecule has 0 aromatic heterocycles. The molecule has 0 heterocycles. The molecular weight excluding hydrogens is 466 g/mol. The fourth-order valence-electron chi connectivity index (χ4n) is 2.80. The molecule has 0 unspecified atom stereocenters. The van der Waals surface area contributed by atoms with Crippen molar-refractivity contribution < 1.29 is 27.9 Å². The number of carbonyl (C=O) groups is 3. The molecule has 0 aliphatic heterocycles. The molecule has 0 aliphatic rings. The first kappa shape index (κ1) is 24.0. The second-order valence-corrected chi connectivity index (χ2v) is 9.35. The monoisotopic (exact) mass is 485 g/mol. The van der Waals surface area contributed by atoms with E-state index in [9.17, 15) is 27.9 Å². The smallest absolute Gasteiger partial charge is 0.336 e. The molecule has 0 saturated carbocycles. The number of benzene rings is 3. The van der Waals surface area contributed by atoms with Gasteiger partial charge < -0.3 is 15.7 Å². The summed E-state index contributed by atoms with van der Waals surface area (Å²) in [7, 11) is -3.81. The van der Waals surface area contributed by atoms with Crippen LogP contribution in [0.3, 0.4) is 0 Å². The van der Waals surface area contributed by atoms with Crippen LogP contribution in [0.1, 0.15) is 20.7 Å². The van der Waals surface area contributed by atoms with Crippen molar-refractivity contribution in [1.82, 2.24) is 0 Å². The Bertz CT molecular complexity index is 1310. The van der Waals surface area contributed by atoms with E-state index in [1.54, 1.807) is 30.3 Å². The van der Waals surface area contributed by atoms with E-state index in [0.29, 0.717) is 16.3 Å². The van der Waals surface area contributed by atoms with Crippen molar-refractivity contribution in [2.75, 3.05) is 16.4 Å². The number of primary sulfonamides is 1. The summed E-state index contributed by atoms with van der Waals surface area (Å²) in [4.78, 5) is 36.7. The maximum absolute atomic E-state index is 12.5. The highest BCUT2D eigenvalue weighted by molar-refractivity contribution is 8.00. The van der Waals surface area contributed by atoms with Gasteiger partial charge in [0.1, 0.15) is 0 Å². The third kappa shape index (κ3) is 6.65. The summed E-state index contributed by atoms with van der Waals surface area (Å²) in [5.74, 6) is -2.00. The first-order valence-electron chi connectivity index (χ1n) is 9.43. The van der Waals surface area contributed by atoms with Crippen molar-refractivity contribution in [3.8, 4) is 0 Å². The van der Waals surface area contributed by atoms with E-state index < -0.39 is 21.9 Å². The van der Waals surface area contributed by atoms with E-state index in [1.165, 1.54) is 54.2 Å². The largest absolute Gasteiger partial charge is 0.478 e. The molecular formula is C22H19N3O6S2. The molecule has 2 amide bonds. The Balaban J connectivity index is 1.59. The van der Waals surface area contributed by atoms with E-state index in [2.05, 4.69) is 10.6 Å². The van der Waals surface area contributed by atoms with Crippen LogP contribution in [0.25, 0.3) is 0 Å². The van der Waals surface area contributed by atoms with Gasteiger partial charge in [0.05, 0.1) is 21.8 Å². The van der Waals surface area contributed by atoms with Crippen LogP contribution in [0.4, 0.5) is 11.4 Å². The molecule has 5 N–H and O–H groups in total. The molecule has 0 fully saturated rings. The van der Waals surface area contributed by atoms with Gasteiger partial charge in [-0.25, -0.2) is 18.4 Å². The summed E-state index contributed by atoms with van der Waals surface area (Å²) >= 11 is 1.23. The minimum absolute atomic E-state index is 0.0379. The Labute approximate surface area is 194 Å². The number of sulfonamides is 1. The lowest BCUT2D eigenvalue weighted by atomic mass is 10.1. The average Bonchev–Trinajstić information content (AvgIpc) is 2.77. The van der Waals surface area contributed by atoms with Crippen molar-refractivity contribution in [3.05, 3.63) is 83.9 Å². The van der Waals surface area contributed by atoms with Crippen LogP contribution in [0.2, 0.25) is 0 Å². The summed E-state index contributed by atoms with van der Waals surface area (Å²) in [6.45, 7) is 0. The number of rotatable bonds is 8. The van der Waals surface area contributed by atoms with Gasteiger partial charge in [-0.2, -0.15) is 0 Å². The molecule has 0 atom stereocenters. The van der Waals surface area contributed by atoms with Crippen LogP contribution in [0.15, 0.2) is 82.6 Å². The van der Waals surface area contributed by atoms with Crippen LogP contribution in [0.5, 0.6) is 0 Å². The maximum Gasteiger partial charge on any atom is 0.336 e. The van der Waals surface area contributed by atoms with Crippen LogP contribution in [-0.4, -0.2) is 37.1 Å². The van der Waals surface area contributed by atoms with Gasteiger partial charge in [0.15, 0.2) is 0 Å². The molecule has 170 valence electrons. The predicted octanol–water partition coefficient (Wildman–Crippen LogP) is 3.02. The summed E-state index contributed by atoms with van der Waals surface area (Å²) in [5.41, 5.74) is 0.806. The lowest BCUT2D eigenvalue weighted by Gasteiger charge is -2.09. The highest BCUT2D eigenvalue weighted by Crippen LogP contribution is 2.23. The summed E-state index contributed by atoms with van der Waals surface area (Å²) < 4.78 is 22.6. The highest BCUT2D eigenvalue weighted by Gasteiger charge is 2.16. The van der Waals surface area contributed by atoms with Crippen LogP contribution in [0, 0.1) is 0 Å². The van der Waals surface area contributed by atoms with E-state index in [4.69, 9.17) is 5.14 Å². The van der Waals surface area contributed by atoms with Gasteiger partial charge >= 0.3 is 5.97 Å². The number of hydrogen-bond acceptors (Lipinski definition) is 6. The fraction of sp³-hybridized carbons (Fsp3) is 0.0455. The van der Waals surface area contributed by atoms with Crippen LogP contribution >= 0.6 is 11.8 Å². The Hall–Kier alpha value is -3.67. The number of anilines is 2. The first-order valence-corrected chi connectivity index (χ1v) is 12.0. The Morgan fingerprint density at radius 3 is 2.15 bits per heavy atom. The molecule has 11 heteroatoms. The SMILES string of the molecule is NS(=O)(=O)c1ccc(NC(=O)CSc2cccc(NC(=O)c3ccccc3C(=O)O)c2)cc1. The van der Waals surface area contributed by atoms with Gasteiger partial charge in [-0.3, -0.25) is 9.59 Å². The highest BCUT2D eigenvalue weighted by atomic mass is 32.2. The molecule has 3 rings (SSSR count). The summed E-state index contributed by atoms with van der Waals surface area (Å²) in [5, 5.41) is 19.6. The standard InChI is InChI=1S/C22H19N3O6S2/c23-33(30,31)17-10-8-14(9-11-17)24-20(26)13-32-16-5-3-4-15(12-16)25-21(27)18-6-1-2-7-19(18)22(28)29/h1-12H,13H2,(H,24,26)(H,25,27)(H,28,29)(H2,23,30,31). The zero-order valence-electron chi connectivity index (χ0n) is 17.0. The van der Waals surface area contributed by atoms with E-state index in [0.717, 1.165) is 0 Å². The van der Waals surface area contributed by atoms with Crippen molar-refractivity contribution in [1.29, 1.82) is 0 Å². The van der Waals surface area contributed by atoms with Crippen LogP contribution in [-0.2, 0) is 14.8 Å². The molecule has 3 aromatic carbocycles. The van der Waals surface area contributed by atoms with Gasteiger partial charge in [0, 0.05) is 16.3 Å². The minimum Gasteiger partial charge on any atom is -0.478 e. The second-order valence-electron chi connectivity index (χ2n) is 6.74. The maximum atomic E-state index is 12.5. The summed E-state index contributed by atoms with van der Waals surface area (Å²) in [6, 6.07) is 18.1. The van der Waals surface area contributed by atoms with Crippen molar-refractivity contribution >= 4 is 50.9 Å². The van der Waals surface area contributed by atoms with Gasteiger partial charge in [0.25, 0.3) is 5.91 Å². The first-order chi connectivity index (χ1) is 15.6. The quantitative estimate of drug-likeness (QED) is 0.357. The molecule has 33 heavy (non-hydrogen) atoms. The number of carbonyl (C=O) groups excluding carboxylic acids is 2. The number of carboxylic acid groups (broad SMARTS) is 1. The molecule has 0 saturated heterocycles. The van der Waals surface area contributed by atoms with E-state index in [1.807, 2.05) is 0 Å². The molecule has 3 aromatic rings. The molecule has 0 bridgehead atoms. The van der Waals surface area contributed by atoms with Crippen LogP contribution < -0.4 is 15.8 Å². The lowest BCUT2D eigenvalue weighted by Crippen LogP contribution is -2.16. The van der Waals surface area contributed by atoms with Gasteiger partial charge in [-0.1, -0.05) is 18.2 Å². The average molecular weight is 486 g/mol. The Kier molecular flexibility index (Phi) is 7.48. The molecule has 0 spiro atoms. The summed E-state index contributed by atoms with van der Waals surface area (Å²) in [6.07, 6.45) is 0. The molecule has 9 nitrogen and oxygen atoms in total. The van der Waals surface area contributed by atoms with E-state index in [-0.39, 0.29) is 27.7 Å². The fourth-order valence-corrected chi connectivity index (χ4v) is 4.07. The number of aromatic carboxylic acids is 1. The van der Waals surface area contributed by atoms with E-state index >= 15 is 0 Å². The van der Waals surface area contributed by atoms with Crippen molar-refractivity contribution in [2.45, 2.75) is 9.79 Å². The lowest BCUT2D eigenvalue weighted by molar-refractivity contribution is -0.113. The second kappa shape index (κ2) is 10.3. The number of nitrogens with one attached hydrogen (secondary N) is 2. The topological polar surface area (TPSA) is 156 Å². The Morgan fingerprint density at radius 1 is 0.848 bits per heavy atom. The van der Waals surface area contributed by atoms with Gasteiger partial charge in [-0.15, -0.1) is 11.8 Å². The Morgan fingerprint density at radius 2 is 1.52 bits per heavy atom. The van der Waals surface area contributed by atoms with Gasteiger partial charge in [0.2, 0.25) is 15.9 Å². The number of hydrogen-bond donors (Lipinski definition) is 4. The molecule has 0 aliphatic carbocycles. The normalized spacial score (nSPS) is 10.9. The predicted molar refractivity (Wildman–Crippen MR) is 125 cm³/mol. The van der Waals surface area contributed by atoms with Crippen molar-refractivity contribution in [3.63, 3.8) is 0 Å². The number of nitrogens with two attached hydrogens (primary N) is 1. The third-order valence-electron chi connectivity index (χ3n) is 4.33. The minimum atomic E-state index is -3.81. The number of amides is 2. The number of carboxylic acids is 1. The molecule has 0 radical (unpaired) electrons. The van der Waals surface area contributed by atoms with Crippen molar-refractivity contribution in [2.24, 2.45) is 5.14 Å². The zero-order valence-corrected chi connectivity index (χ0v) is 18.7.